The molecule has 0 bridgehead atoms. The summed E-state index contributed by atoms with van der Waals surface area (Å²) in [5, 5.41) is 12.4. The summed E-state index contributed by atoms with van der Waals surface area (Å²) in [6, 6.07) is 6.51. The Hall–Kier alpha value is -2.96. The Labute approximate surface area is 132 Å². The Morgan fingerprint density at radius 1 is 1.22 bits per heavy atom. The van der Waals surface area contributed by atoms with Crippen molar-refractivity contribution < 1.29 is 19.4 Å². The van der Waals surface area contributed by atoms with Gasteiger partial charge in [0.05, 0.1) is 7.11 Å². The lowest BCUT2D eigenvalue weighted by Crippen LogP contribution is -2.56. The molecule has 1 unspecified atom stereocenters. The molecule has 0 radical (unpaired) electrons. The maximum atomic E-state index is 12.4. The van der Waals surface area contributed by atoms with Crippen molar-refractivity contribution in [2.45, 2.75) is 18.4 Å². The Morgan fingerprint density at radius 3 is 2.65 bits per heavy atom. The molecule has 0 fully saturated rings. The topological polar surface area (TPSA) is 101 Å². The zero-order valence-corrected chi connectivity index (χ0v) is 12.4. The Bertz CT molecular complexity index is 750. The molecule has 3 rings (SSSR count). The van der Waals surface area contributed by atoms with E-state index in [1.54, 1.807) is 12.3 Å². The minimum absolute atomic E-state index is 0.139. The molecule has 0 aromatic carbocycles. The quantitative estimate of drug-likeness (QED) is 0.806. The average Bonchev–Trinajstić information content (AvgIpc) is 2.93. The summed E-state index contributed by atoms with van der Waals surface area (Å²) in [5.41, 5.74) is 0.235. The molecule has 1 amide bonds. The number of aromatic nitrogens is 2. The van der Waals surface area contributed by atoms with Gasteiger partial charge in [-0.15, -0.1) is 0 Å². The molecule has 1 aliphatic carbocycles. The SMILES string of the molecule is COC(=O)C1(NC(=O)c2ncccc2O)Cc2cccnc2C1. The molecule has 2 aromatic rings. The summed E-state index contributed by atoms with van der Waals surface area (Å²) in [7, 11) is 1.27. The maximum absolute atomic E-state index is 12.4. The first-order valence-corrected chi connectivity index (χ1v) is 7.03. The van der Waals surface area contributed by atoms with Gasteiger partial charge >= 0.3 is 5.97 Å². The van der Waals surface area contributed by atoms with Crippen molar-refractivity contribution in [2.75, 3.05) is 7.11 Å². The van der Waals surface area contributed by atoms with E-state index in [4.69, 9.17) is 4.74 Å². The number of nitrogens with one attached hydrogen (secondary N) is 1. The van der Waals surface area contributed by atoms with Crippen molar-refractivity contribution in [3.8, 4) is 5.75 Å². The van der Waals surface area contributed by atoms with E-state index in [1.807, 2.05) is 6.07 Å². The maximum Gasteiger partial charge on any atom is 0.332 e. The van der Waals surface area contributed by atoms with E-state index in [2.05, 4.69) is 15.3 Å². The van der Waals surface area contributed by atoms with Crippen LogP contribution in [0.15, 0.2) is 36.7 Å². The molecule has 2 aromatic heterocycles. The first kappa shape index (κ1) is 15.0. The van der Waals surface area contributed by atoms with E-state index in [-0.39, 0.29) is 24.3 Å². The van der Waals surface area contributed by atoms with E-state index in [0.717, 1.165) is 11.3 Å². The van der Waals surface area contributed by atoms with Crippen LogP contribution in [0.25, 0.3) is 0 Å². The first-order chi connectivity index (χ1) is 11.1. The number of nitrogens with zero attached hydrogens (tertiary/aromatic N) is 2. The number of carbonyl (C=O) groups is 2. The fraction of sp³-hybridized carbons (Fsp3) is 0.250. The third kappa shape index (κ3) is 2.61. The van der Waals surface area contributed by atoms with Crippen LogP contribution in [-0.2, 0) is 22.4 Å². The number of aromatic hydroxyl groups is 1. The molecule has 118 valence electrons. The van der Waals surface area contributed by atoms with Crippen LogP contribution < -0.4 is 5.32 Å². The van der Waals surface area contributed by atoms with Crippen molar-refractivity contribution in [3.63, 3.8) is 0 Å². The molecule has 1 atom stereocenters. The van der Waals surface area contributed by atoms with Gasteiger partial charge in [-0.3, -0.25) is 9.78 Å². The second-order valence-corrected chi connectivity index (χ2v) is 5.36. The summed E-state index contributed by atoms with van der Waals surface area (Å²) >= 11 is 0. The highest BCUT2D eigenvalue weighted by atomic mass is 16.5. The van der Waals surface area contributed by atoms with Crippen LogP contribution >= 0.6 is 0 Å². The van der Waals surface area contributed by atoms with Gasteiger partial charge in [0, 0.05) is 30.9 Å². The van der Waals surface area contributed by atoms with Crippen molar-refractivity contribution >= 4 is 11.9 Å². The lowest BCUT2D eigenvalue weighted by Gasteiger charge is -2.26. The standard InChI is InChI=1S/C16H15N3O4/c1-23-15(22)16(8-10-4-2-6-17-11(10)9-16)19-14(21)13-12(20)5-3-7-18-13/h2-7,20H,8-9H2,1H3,(H,19,21). The normalized spacial score (nSPS) is 19.0. The third-order valence-corrected chi connectivity index (χ3v) is 3.88. The number of amides is 1. The van der Waals surface area contributed by atoms with Crippen LogP contribution in [0.4, 0.5) is 0 Å². The van der Waals surface area contributed by atoms with Crippen molar-refractivity contribution in [3.05, 3.63) is 53.6 Å². The van der Waals surface area contributed by atoms with E-state index in [9.17, 15) is 14.7 Å². The molecule has 0 aliphatic heterocycles. The second kappa shape index (κ2) is 5.68. The molecular formula is C16H15N3O4. The minimum atomic E-state index is -1.24. The van der Waals surface area contributed by atoms with Crippen LogP contribution in [0, 0.1) is 0 Å². The number of esters is 1. The number of rotatable bonds is 3. The van der Waals surface area contributed by atoms with Gasteiger partial charge in [0.1, 0.15) is 11.3 Å². The molecule has 7 nitrogen and oxygen atoms in total. The minimum Gasteiger partial charge on any atom is -0.505 e. The zero-order valence-electron chi connectivity index (χ0n) is 12.4. The molecular weight excluding hydrogens is 298 g/mol. The monoisotopic (exact) mass is 313 g/mol. The van der Waals surface area contributed by atoms with Gasteiger partial charge in [-0.2, -0.15) is 0 Å². The largest absolute Gasteiger partial charge is 0.505 e. The lowest BCUT2D eigenvalue weighted by atomic mass is 9.95. The Balaban J connectivity index is 1.92. The Kier molecular flexibility index (Phi) is 3.69. The molecule has 0 spiro atoms. The fourth-order valence-corrected chi connectivity index (χ4v) is 2.79. The van der Waals surface area contributed by atoms with Crippen LogP contribution in [0.1, 0.15) is 21.7 Å². The molecule has 7 heteroatoms. The van der Waals surface area contributed by atoms with Crippen LogP contribution in [-0.4, -0.2) is 39.6 Å². The number of methoxy groups -OCH3 is 1. The van der Waals surface area contributed by atoms with Crippen molar-refractivity contribution in [1.29, 1.82) is 0 Å². The van der Waals surface area contributed by atoms with Gasteiger partial charge in [0.2, 0.25) is 0 Å². The molecule has 2 N–H and O–H groups in total. The van der Waals surface area contributed by atoms with Gasteiger partial charge in [0.25, 0.3) is 5.91 Å². The number of ether oxygens (including phenoxy) is 1. The molecule has 23 heavy (non-hydrogen) atoms. The Morgan fingerprint density at radius 2 is 1.96 bits per heavy atom. The van der Waals surface area contributed by atoms with Crippen LogP contribution in [0.2, 0.25) is 0 Å². The summed E-state index contributed by atoms with van der Waals surface area (Å²) in [4.78, 5) is 32.8. The van der Waals surface area contributed by atoms with E-state index >= 15 is 0 Å². The lowest BCUT2D eigenvalue weighted by molar-refractivity contribution is -0.147. The van der Waals surface area contributed by atoms with Gasteiger partial charge in [-0.05, 0) is 23.8 Å². The third-order valence-electron chi connectivity index (χ3n) is 3.88. The summed E-state index contributed by atoms with van der Waals surface area (Å²) in [6.45, 7) is 0. The van der Waals surface area contributed by atoms with Gasteiger partial charge in [0.15, 0.2) is 5.69 Å². The highest BCUT2D eigenvalue weighted by Gasteiger charge is 2.47. The number of pyridine rings is 2. The number of fused-ring (bicyclic) bond motifs is 1. The molecule has 1 aliphatic rings. The zero-order chi connectivity index (χ0) is 16.4. The first-order valence-electron chi connectivity index (χ1n) is 7.03. The highest BCUT2D eigenvalue weighted by molar-refractivity contribution is 5.99. The van der Waals surface area contributed by atoms with Gasteiger partial charge in [-0.1, -0.05) is 6.07 Å². The van der Waals surface area contributed by atoms with Crippen molar-refractivity contribution in [2.24, 2.45) is 0 Å². The van der Waals surface area contributed by atoms with Gasteiger partial charge < -0.3 is 15.2 Å². The predicted molar refractivity (Wildman–Crippen MR) is 79.8 cm³/mol. The molecule has 0 saturated heterocycles. The predicted octanol–water partition coefficient (Wildman–Crippen LogP) is 0.623. The summed E-state index contributed by atoms with van der Waals surface area (Å²) in [6.07, 6.45) is 3.54. The molecule has 0 saturated carbocycles. The van der Waals surface area contributed by atoms with Crippen LogP contribution in [0.5, 0.6) is 5.75 Å². The van der Waals surface area contributed by atoms with E-state index in [0.29, 0.717) is 0 Å². The summed E-state index contributed by atoms with van der Waals surface area (Å²) < 4.78 is 4.87. The fourth-order valence-electron chi connectivity index (χ4n) is 2.79. The number of hydrogen-bond donors (Lipinski definition) is 2. The van der Waals surface area contributed by atoms with Crippen LogP contribution in [0.3, 0.4) is 0 Å². The highest BCUT2D eigenvalue weighted by Crippen LogP contribution is 2.30. The molecule has 2 heterocycles. The smallest absolute Gasteiger partial charge is 0.332 e. The second-order valence-electron chi connectivity index (χ2n) is 5.36. The average molecular weight is 313 g/mol. The van der Waals surface area contributed by atoms with E-state index in [1.165, 1.54) is 25.4 Å². The summed E-state index contributed by atoms with van der Waals surface area (Å²) in [5.74, 6) is -1.45. The van der Waals surface area contributed by atoms with Crippen molar-refractivity contribution in [1.82, 2.24) is 15.3 Å². The van der Waals surface area contributed by atoms with Gasteiger partial charge in [-0.25, -0.2) is 9.78 Å². The van der Waals surface area contributed by atoms with E-state index < -0.39 is 17.4 Å². The number of hydrogen-bond acceptors (Lipinski definition) is 6. The number of carbonyl (C=O) groups excluding carboxylic acids is 2.